The van der Waals surface area contributed by atoms with E-state index in [4.69, 9.17) is 24.5 Å². The molecule has 4 heterocycles. The second-order valence-electron chi connectivity index (χ2n) is 7.75. The summed E-state index contributed by atoms with van der Waals surface area (Å²) in [6, 6.07) is 7.55. The number of aliphatic carboxylic acids is 2. The van der Waals surface area contributed by atoms with Crippen molar-refractivity contribution in [3.8, 4) is 0 Å². The molecule has 0 saturated carbocycles. The molecule has 38 heavy (non-hydrogen) atoms. The third-order valence-corrected chi connectivity index (χ3v) is 5.08. The Bertz CT molecular complexity index is 1080. The van der Waals surface area contributed by atoms with Crippen molar-refractivity contribution in [3.63, 3.8) is 0 Å². The van der Waals surface area contributed by atoms with Gasteiger partial charge >= 0.3 is 24.3 Å². The lowest BCUT2D eigenvalue weighted by molar-refractivity contribution is -0.193. The zero-order valence-corrected chi connectivity index (χ0v) is 19.5. The molecule has 0 radical (unpaired) electrons. The van der Waals surface area contributed by atoms with Gasteiger partial charge in [0.25, 0.3) is 5.91 Å². The topological polar surface area (TPSA) is 146 Å². The number of morpholine rings is 1. The summed E-state index contributed by atoms with van der Waals surface area (Å²) < 4.78 is 69.4. The van der Waals surface area contributed by atoms with Crippen molar-refractivity contribution < 1.29 is 55.7 Å². The Morgan fingerprint density at radius 3 is 1.95 bits per heavy atom. The summed E-state index contributed by atoms with van der Waals surface area (Å²) in [5, 5.41) is 22.7. The molecule has 2 aliphatic heterocycles. The Kier molecular flexibility index (Phi) is 9.92. The fourth-order valence-corrected chi connectivity index (χ4v) is 3.36. The number of carbonyl (C=O) groups excluding carboxylic acids is 1. The molecule has 4 rings (SSSR count). The van der Waals surface area contributed by atoms with Crippen LogP contribution in [0.1, 0.15) is 16.1 Å². The normalized spacial score (nSPS) is 18.8. The Labute approximate surface area is 210 Å². The minimum Gasteiger partial charge on any atom is -0.475 e. The monoisotopic (exact) mass is 553 g/mol. The molecule has 2 aromatic rings. The molecule has 11 nitrogen and oxygen atoms in total. The van der Waals surface area contributed by atoms with E-state index in [9.17, 15) is 31.1 Å². The average molecular weight is 553 g/mol. The van der Waals surface area contributed by atoms with Crippen molar-refractivity contribution in [2.45, 2.75) is 31.4 Å². The average Bonchev–Trinajstić information content (AvgIpc) is 3.29. The summed E-state index contributed by atoms with van der Waals surface area (Å²) in [5.74, 6) is -4.65. The van der Waals surface area contributed by atoms with Gasteiger partial charge in [0.05, 0.1) is 24.4 Å². The van der Waals surface area contributed by atoms with E-state index in [1.807, 2.05) is 24.0 Å². The zero-order chi connectivity index (χ0) is 28.7. The minimum atomic E-state index is -5.08. The fourth-order valence-electron chi connectivity index (χ4n) is 3.36. The lowest BCUT2D eigenvalue weighted by Gasteiger charge is -2.37. The maximum absolute atomic E-state index is 12.7. The molecule has 0 unspecified atom stereocenters. The van der Waals surface area contributed by atoms with Crippen LogP contribution in [-0.2, 0) is 14.3 Å². The highest BCUT2D eigenvalue weighted by molar-refractivity contribution is 5.94. The first-order chi connectivity index (χ1) is 17.6. The number of carboxylic acid groups (broad SMARTS) is 2. The number of alkyl halides is 6. The number of ether oxygens (including phenoxy) is 1. The predicted octanol–water partition coefficient (Wildman–Crippen LogP) is 2.18. The standard InChI is InChI=1S/C17H19N5O2.2C2HF3O2/c1-12-2-3-16(20-19-12)22-8-9-24-15-11-21(10-14(15)22)17(23)13-4-6-18-7-5-13;2*3-2(4,5)1(6)7/h2-7,14-15H,8-11H2,1H3;2*(H,6,7)/t14-,15+;;/m1../s1. The van der Waals surface area contributed by atoms with Crippen LogP contribution in [0.2, 0.25) is 0 Å². The maximum Gasteiger partial charge on any atom is 0.490 e. The Morgan fingerprint density at radius 2 is 1.47 bits per heavy atom. The van der Waals surface area contributed by atoms with E-state index < -0.39 is 24.3 Å². The summed E-state index contributed by atoms with van der Waals surface area (Å²) in [7, 11) is 0. The second kappa shape index (κ2) is 12.5. The first kappa shape index (κ1) is 30.2. The van der Waals surface area contributed by atoms with Crippen LogP contribution in [0.4, 0.5) is 32.2 Å². The molecule has 2 aromatic heterocycles. The number of aryl methyl sites for hydroxylation is 1. The van der Waals surface area contributed by atoms with Gasteiger partial charge in [-0.15, -0.1) is 5.10 Å². The number of hydrogen-bond donors (Lipinski definition) is 2. The summed E-state index contributed by atoms with van der Waals surface area (Å²) in [5.41, 5.74) is 1.55. The van der Waals surface area contributed by atoms with E-state index in [1.165, 1.54) is 0 Å². The lowest BCUT2D eigenvalue weighted by atomic mass is 10.1. The van der Waals surface area contributed by atoms with Crippen molar-refractivity contribution in [1.82, 2.24) is 20.1 Å². The molecule has 1 amide bonds. The number of amides is 1. The first-order valence-corrected chi connectivity index (χ1v) is 10.6. The number of nitrogens with zero attached hydrogens (tertiary/aromatic N) is 5. The van der Waals surface area contributed by atoms with Gasteiger partial charge < -0.3 is 24.7 Å². The number of carboxylic acids is 2. The molecule has 0 aromatic carbocycles. The highest BCUT2D eigenvalue weighted by Crippen LogP contribution is 2.27. The number of likely N-dealkylation sites (tertiary alicyclic amines) is 1. The Morgan fingerprint density at radius 1 is 0.921 bits per heavy atom. The Hall–Kier alpha value is -4.02. The third kappa shape index (κ3) is 8.53. The number of rotatable bonds is 2. The molecule has 0 bridgehead atoms. The van der Waals surface area contributed by atoms with E-state index in [2.05, 4.69) is 20.1 Å². The van der Waals surface area contributed by atoms with Gasteiger partial charge in [-0.1, -0.05) is 0 Å². The Balaban J connectivity index is 0.000000301. The van der Waals surface area contributed by atoms with Crippen molar-refractivity contribution in [1.29, 1.82) is 0 Å². The van der Waals surface area contributed by atoms with E-state index in [-0.39, 0.29) is 18.1 Å². The van der Waals surface area contributed by atoms with Crippen molar-refractivity contribution in [2.24, 2.45) is 0 Å². The van der Waals surface area contributed by atoms with Crippen LogP contribution in [0.15, 0.2) is 36.7 Å². The largest absolute Gasteiger partial charge is 0.490 e. The molecule has 2 saturated heterocycles. The molecule has 2 N–H and O–H groups in total. The van der Waals surface area contributed by atoms with Gasteiger partial charge in [-0.25, -0.2) is 9.59 Å². The third-order valence-electron chi connectivity index (χ3n) is 5.08. The summed E-state index contributed by atoms with van der Waals surface area (Å²) in [6.45, 7) is 4.54. The van der Waals surface area contributed by atoms with Crippen LogP contribution in [-0.4, -0.2) is 98.9 Å². The van der Waals surface area contributed by atoms with E-state index >= 15 is 0 Å². The quantitative estimate of drug-likeness (QED) is 0.531. The molecule has 2 aliphatic rings. The van der Waals surface area contributed by atoms with Gasteiger partial charge in [0.1, 0.15) is 0 Å². The second-order valence-corrected chi connectivity index (χ2v) is 7.75. The highest BCUT2D eigenvalue weighted by atomic mass is 19.4. The number of fused-ring (bicyclic) bond motifs is 1. The molecular formula is C21H21F6N5O6. The van der Waals surface area contributed by atoms with Gasteiger partial charge in [0, 0.05) is 37.6 Å². The van der Waals surface area contributed by atoms with Crippen LogP contribution in [0.3, 0.4) is 0 Å². The number of anilines is 1. The number of carbonyl (C=O) groups is 3. The van der Waals surface area contributed by atoms with Crippen LogP contribution in [0.5, 0.6) is 0 Å². The van der Waals surface area contributed by atoms with Crippen molar-refractivity contribution in [2.75, 3.05) is 31.1 Å². The van der Waals surface area contributed by atoms with Crippen molar-refractivity contribution in [3.05, 3.63) is 47.9 Å². The number of aromatic nitrogens is 3. The van der Waals surface area contributed by atoms with Crippen LogP contribution >= 0.6 is 0 Å². The molecule has 208 valence electrons. The molecule has 0 aliphatic carbocycles. The number of halogens is 6. The van der Waals surface area contributed by atoms with Gasteiger partial charge in [0.15, 0.2) is 5.82 Å². The van der Waals surface area contributed by atoms with Gasteiger partial charge in [-0.2, -0.15) is 31.4 Å². The van der Waals surface area contributed by atoms with Crippen LogP contribution in [0.25, 0.3) is 0 Å². The highest BCUT2D eigenvalue weighted by Gasteiger charge is 2.42. The SMILES string of the molecule is Cc1ccc(N2CCO[C@H]3CN(C(=O)c4ccncc4)C[C@H]32)nn1.O=C(O)C(F)(F)F.O=C(O)C(F)(F)F. The molecule has 2 fully saturated rings. The van der Waals surface area contributed by atoms with Gasteiger partial charge in [0.2, 0.25) is 0 Å². The summed E-state index contributed by atoms with van der Waals surface area (Å²) in [4.78, 5) is 38.5. The van der Waals surface area contributed by atoms with E-state index in [0.29, 0.717) is 25.3 Å². The fraction of sp³-hybridized carbons (Fsp3) is 0.429. The lowest BCUT2D eigenvalue weighted by Crippen LogP contribution is -2.51. The van der Waals surface area contributed by atoms with Gasteiger partial charge in [-0.3, -0.25) is 9.78 Å². The molecule has 0 spiro atoms. The smallest absolute Gasteiger partial charge is 0.475 e. The molecule has 17 heteroatoms. The summed E-state index contributed by atoms with van der Waals surface area (Å²) >= 11 is 0. The molecule has 2 atom stereocenters. The van der Waals surface area contributed by atoms with Gasteiger partial charge in [-0.05, 0) is 31.2 Å². The maximum atomic E-state index is 12.7. The van der Waals surface area contributed by atoms with Crippen molar-refractivity contribution >= 4 is 23.7 Å². The number of hydrogen-bond acceptors (Lipinski definition) is 8. The predicted molar refractivity (Wildman–Crippen MR) is 115 cm³/mol. The minimum absolute atomic E-state index is 0.00707. The van der Waals surface area contributed by atoms with E-state index in [0.717, 1.165) is 18.1 Å². The zero-order valence-electron chi connectivity index (χ0n) is 19.5. The molecular weight excluding hydrogens is 532 g/mol. The van der Waals surface area contributed by atoms with Crippen LogP contribution in [0, 0.1) is 6.92 Å². The summed E-state index contributed by atoms with van der Waals surface area (Å²) in [6.07, 6.45) is -6.88. The van der Waals surface area contributed by atoms with Crippen LogP contribution < -0.4 is 4.90 Å². The van der Waals surface area contributed by atoms with E-state index in [1.54, 1.807) is 24.5 Å². The first-order valence-electron chi connectivity index (χ1n) is 10.6. The number of pyridine rings is 1.